The van der Waals surface area contributed by atoms with Gasteiger partial charge in [0.15, 0.2) is 0 Å². The van der Waals surface area contributed by atoms with E-state index in [1.165, 1.54) is 6.33 Å². The monoisotopic (exact) mass is 243 g/mol. The lowest BCUT2D eigenvalue weighted by atomic mass is 9.84. The number of hydrogen-bond donors (Lipinski definition) is 1. The lowest BCUT2D eigenvalue weighted by molar-refractivity contribution is 0.0450. The third kappa shape index (κ3) is 1.73. The first kappa shape index (κ1) is 11.4. The molecule has 4 nitrogen and oxygen atoms in total. The number of benzene rings is 1. The first-order valence-electron chi connectivity index (χ1n) is 6.31. The average molecular weight is 243 g/mol. The smallest absolute Gasteiger partial charge is 0.137 e. The summed E-state index contributed by atoms with van der Waals surface area (Å²) in [6.07, 6.45) is 4.96. The van der Waals surface area contributed by atoms with Crippen LogP contribution in [-0.4, -0.2) is 26.0 Å². The molecule has 94 valence electrons. The van der Waals surface area contributed by atoms with Crippen LogP contribution in [0.5, 0.6) is 0 Å². The maximum absolute atomic E-state index is 10.6. The van der Waals surface area contributed by atoms with E-state index >= 15 is 0 Å². The van der Waals surface area contributed by atoms with Gasteiger partial charge in [-0.1, -0.05) is 30.3 Å². The van der Waals surface area contributed by atoms with E-state index in [4.69, 9.17) is 0 Å². The molecule has 1 aliphatic rings. The highest BCUT2D eigenvalue weighted by molar-refractivity contribution is 5.27. The first-order chi connectivity index (χ1) is 8.73. The Kier molecular flexibility index (Phi) is 2.67. The Morgan fingerprint density at radius 1 is 1.33 bits per heavy atom. The molecule has 1 N–H and O–H groups in total. The standard InChI is InChI=1S/C14H17N3O/c1-14(13(18)11-7-8-11,17-10-15-9-16-17)12-5-3-2-4-6-12/h2-6,9-11,13,18H,7-8H2,1H3. The van der Waals surface area contributed by atoms with Crippen molar-refractivity contribution in [3.8, 4) is 0 Å². The second-order valence-corrected chi connectivity index (χ2v) is 5.14. The lowest BCUT2D eigenvalue weighted by Gasteiger charge is -2.35. The van der Waals surface area contributed by atoms with E-state index in [2.05, 4.69) is 10.1 Å². The van der Waals surface area contributed by atoms with Gasteiger partial charge in [-0.2, -0.15) is 5.10 Å². The summed E-state index contributed by atoms with van der Waals surface area (Å²) in [5.41, 5.74) is 0.522. The molecule has 2 unspecified atom stereocenters. The van der Waals surface area contributed by atoms with E-state index in [0.717, 1.165) is 18.4 Å². The summed E-state index contributed by atoms with van der Waals surface area (Å²) in [6.45, 7) is 2.03. The summed E-state index contributed by atoms with van der Waals surface area (Å²) in [4.78, 5) is 4.02. The number of aromatic nitrogens is 3. The number of nitrogens with zero attached hydrogens (tertiary/aromatic N) is 3. The fourth-order valence-electron chi connectivity index (χ4n) is 2.53. The topological polar surface area (TPSA) is 50.9 Å². The van der Waals surface area contributed by atoms with Gasteiger partial charge in [-0.3, -0.25) is 0 Å². The molecule has 4 heteroatoms. The fourth-order valence-corrected chi connectivity index (χ4v) is 2.53. The van der Waals surface area contributed by atoms with Crippen molar-refractivity contribution >= 4 is 0 Å². The van der Waals surface area contributed by atoms with Crippen molar-refractivity contribution in [2.75, 3.05) is 0 Å². The zero-order valence-corrected chi connectivity index (χ0v) is 10.4. The van der Waals surface area contributed by atoms with Crippen LogP contribution in [0.3, 0.4) is 0 Å². The molecule has 0 spiro atoms. The molecule has 1 aromatic heterocycles. The quantitative estimate of drug-likeness (QED) is 0.891. The minimum atomic E-state index is -0.543. The molecule has 1 saturated carbocycles. The van der Waals surface area contributed by atoms with Crippen LogP contribution in [0.2, 0.25) is 0 Å². The second kappa shape index (κ2) is 4.21. The van der Waals surface area contributed by atoms with Gasteiger partial charge in [0.1, 0.15) is 18.2 Å². The van der Waals surface area contributed by atoms with Gasteiger partial charge in [-0.25, -0.2) is 9.67 Å². The first-order valence-corrected chi connectivity index (χ1v) is 6.31. The molecule has 2 aromatic rings. The van der Waals surface area contributed by atoms with Crippen LogP contribution in [0.4, 0.5) is 0 Å². The van der Waals surface area contributed by atoms with Gasteiger partial charge in [-0.05, 0) is 31.2 Å². The summed E-state index contributed by atoms with van der Waals surface area (Å²) in [5.74, 6) is 0.374. The maximum atomic E-state index is 10.6. The lowest BCUT2D eigenvalue weighted by Crippen LogP contribution is -2.45. The van der Waals surface area contributed by atoms with E-state index < -0.39 is 11.6 Å². The molecule has 18 heavy (non-hydrogen) atoms. The van der Waals surface area contributed by atoms with Gasteiger partial charge in [0, 0.05) is 0 Å². The van der Waals surface area contributed by atoms with Crippen molar-refractivity contribution < 1.29 is 5.11 Å². The Balaban J connectivity index is 2.08. The van der Waals surface area contributed by atoms with Gasteiger partial charge in [0.05, 0.1) is 6.10 Å². The number of hydrogen-bond acceptors (Lipinski definition) is 3. The Bertz CT molecular complexity index is 507. The molecule has 0 saturated heterocycles. The van der Waals surface area contributed by atoms with Crippen molar-refractivity contribution in [3.05, 3.63) is 48.5 Å². The number of rotatable bonds is 4. The van der Waals surface area contributed by atoms with Crippen LogP contribution in [-0.2, 0) is 5.54 Å². The molecule has 2 atom stereocenters. The Morgan fingerprint density at radius 3 is 2.61 bits per heavy atom. The SMILES string of the molecule is CC(c1ccccc1)(C(O)C1CC1)n1cncn1. The van der Waals surface area contributed by atoms with Crippen LogP contribution in [0.1, 0.15) is 25.3 Å². The third-order valence-corrected chi connectivity index (χ3v) is 3.90. The Morgan fingerprint density at radius 2 is 2.06 bits per heavy atom. The summed E-state index contributed by atoms with van der Waals surface area (Å²) >= 11 is 0. The van der Waals surface area contributed by atoms with Crippen LogP contribution in [0, 0.1) is 5.92 Å². The predicted molar refractivity (Wildman–Crippen MR) is 67.9 cm³/mol. The summed E-state index contributed by atoms with van der Waals surface area (Å²) in [6, 6.07) is 10.0. The van der Waals surface area contributed by atoms with E-state index in [9.17, 15) is 5.11 Å². The highest BCUT2D eigenvalue weighted by Gasteiger charge is 2.45. The van der Waals surface area contributed by atoms with E-state index in [1.54, 1.807) is 11.0 Å². The second-order valence-electron chi connectivity index (χ2n) is 5.14. The van der Waals surface area contributed by atoms with Gasteiger partial charge in [0.2, 0.25) is 0 Å². The number of aliphatic hydroxyl groups is 1. The van der Waals surface area contributed by atoms with Crippen molar-refractivity contribution in [1.82, 2.24) is 14.8 Å². The van der Waals surface area contributed by atoms with Gasteiger partial charge in [0.25, 0.3) is 0 Å². The summed E-state index contributed by atoms with van der Waals surface area (Å²) in [7, 11) is 0. The molecule has 0 bridgehead atoms. The molecule has 1 aromatic carbocycles. The summed E-state index contributed by atoms with van der Waals surface area (Å²) < 4.78 is 1.77. The highest BCUT2D eigenvalue weighted by atomic mass is 16.3. The predicted octanol–water partition coefficient (Wildman–Crippen LogP) is 1.81. The molecular weight excluding hydrogens is 226 g/mol. The van der Waals surface area contributed by atoms with Crippen molar-refractivity contribution in [1.29, 1.82) is 0 Å². The van der Waals surface area contributed by atoms with Crippen LogP contribution in [0.25, 0.3) is 0 Å². The Hall–Kier alpha value is -1.68. The van der Waals surface area contributed by atoms with Gasteiger partial charge in [-0.15, -0.1) is 0 Å². The van der Waals surface area contributed by atoms with E-state index in [-0.39, 0.29) is 0 Å². The fraction of sp³-hybridized carbons (Fsp3) is 0.429. The molecule has 3 rings (SSSR count). The van der Waals surface area contributed by atoms with Crippen LogP contribution < -0.4 is 0 Å². The largest absolute Gasteiger partial charge is 0.390 e. The van der Waals surface area contributed by atoms with Gasteiger partial charge < -0.3 is 5.11 Å². The van der Waals surface area contributed by atoms with Crippen molar-refractivity contribution in [2.24, 2.45) is 5.92 Å². The molecular formula is C14H17N3O. The molecule has 0 radical (unpaired) electrons. The molecule has 0 amide bonds. The Labute approximate surface area is 106 Å². The molecule has 0 aliphatic heterocycles. The molecule has 1 aliphatic carbocycles. The zero-order chi connectivity index (χ0) is 12.6. The van der Waals surface area contributed by atoms with Crippen LogP contribution >= 0.6 is 0 Å². The number of aliphatic hydroxyl groups excluding tert-OH is 1. The zero-order valence-electron chi connectivity index (χ0n) is 10.4. The van der Waals surface area contributed by atoms with Crippen molar-refractivity contribution in [2.45, 2.75) is 31.4 Å². The van der Waals surface area contributed by atoms with Crippen molar-refractivity contribution in [3.63, 3.8) is 0 Å². The highest BCUT2D eigenvalue weighted by Crippen LogP contribution is 2.42. The molecule has 1 fully saturated rings. The third-order valence-electron chi connectivity index (χ3n) is 3.90. The summed E-state index contributed by atoms with van der Waals surface area (Å²) in [5, 5.41) is 14.9. The molecule has 1 heterocycles. The van der Waals surface area contributed by atoms with E-state index in [0.29, 0.717) is 5.92 Å². The minimum absolute atomic E-state index is 0.374. The van der Waals surface area contributed by atoms with E-state index in [1.807, 2.05) is 37.3 Å². The van der Waals surface area contributed by atoms with Crippen LogP contribution in [0.15, 0.2) is 43.0 Å². The average Bonchev–Trinajstić information content (AvgIpc) is 3.12. The van der Waals surface area contributed by atoms with Gasteiger partial charge >= 0.3 is 0 Å². The normalized spacial score (nSPS) is 20.3. The minimum Gasteiger partial charge on any atom is -0.390 e. The maximum Gasteiger partial charge on any atom is 0.137 e.